The minimum atomic E-state index is -4.67. The zero-order valence-electron chi connectivity index (χ0n) is 14.0. The third kappa shape index (κ3) is 4.60. The molecule has 0 unspecified atom stereocenters. The average Bonchev–Trinajstić information content (AvgIpc) is 3.01. The Kier molecular flexibility index (Phi) is 5.35. The fraction of sp³-hybridized carbons (Fsp3) is 0.105. The monoisotopic (exact) mass is 372 g/mol. The summed E-state index contributed by atoms with van der Waals surface area (Å²) >= 11 is 0. The van der Waals surface area contributed by atoms with Gasteiger partial charge in [-0.25, -0.2) is 10.4 Å². The number of carbonyl (C=O) groups excluding carboxylic acids is 1. The molecule has 0 bridgehead atoms. The van der Waals surface area contributed by atoms with Crippen molar-refractivity contribution in [2.75, 3.05) is 0 Å². The first kappa shape index (κ1) is 18.4. The lowest BCUT2D eigenvalue weighted by Crippen LogP contribution is -2.26. The maximum absolute atomic E-state index is 13.2. The van der Waals surface area contributed by atoms with Gasteiger partial charge in [0.25, 0.3) is 5.91 Å². The third-order valence-corrected chi connectivity index (χ3v) is 3.65. The van der Waals surface area contributed by atoms with Gasteiger partial charge >= 0.3 is 6.18 Å². The molecule has 0 fully saturated rings. The van der Waals surface area contributed by atoms with Gasteiger partial charge in [0.2, 0.25) is 5.82 Å². The number of benzene rings is 2. The number of para-hydroxylation sites is 2. The van der Waals surface area contributed by atoms with E-state index in [0.29, 0.717) is 0 Å². The maximum atomic E-state index is 13.2. The number of carbonyl (C=O) groups is 1. The second-order valence-corrected chi connectivity index (χ2v) is 5.59. The molecule has 0 radical (unpaired) electrons. The van der Waals surface area contributed by atoms with E-state index in [1.54, 1.807) is 24.3 Å². The number of hydrogen-bond donors (Lipinski definition) is 1. The van der Waals surface area contributed by atoms with Gasteiger partial charge in [-0.3, -0.25) is 4.79 Å². The molecule has 0 aliphatic rings. The molecule has 27 heavy (non-hydrogen) atoms. The van der Waals surface area contributed by atoms with Crippen LogP contribution in [0.15, 0.2) is 65.8 Å². The number of allylic oxidation sites excluding steroid dienone is 1. The van der Waals surface area contributed by atoms with Gasteiger partial charge in [-0.15, -0.1) is 0 Å². The lowest BCUT2D eigenvalue weighted by molar-refractivity contribution is -0.147. The summed E-state index contributed by atoms with van der Waals surface area (Å²) in [5, 5.41) is 3.71. The van der Waals surface area contributed by atoms with Crippen LogP contribution in [0.1, 0.15) is 11.4 Å². The molecule has 1 N–H and O–H groups in total. The molecule has 1 amide bonds. The van der Waals surface area contributed by atoms with Crippen LogP contribution in [-0.2, 0) is 17.5 Å². The standard InChI is InChI=1S/C19H15F3N4O/c20-19(21,22)18-24-15-10-4-5-11-16(15)26(18)13-17(27)25-23-12-6-9-14-7-2-1-3-8-14/h1-12H,13H2,(H,25,27)/b9-6+,23-12+. The quantitative estimate of drug-likeness (QED) is 0.546. The normalized spacial score (nSPS) is 12.3. The first-order chi connectivity index (χ1) is 12.9. The molecule has 1 aromatic heterocycles. The fourth-order valence-corrected chi connectivity index (χ4v) is 2.50. The van der Waals surface area contributed by atoms with E-state index in [0.717, 1.165) is 10.1 Å². The van der Waals surface area contributed by atoms with Gasteiger partial charge in [0, 0.05) is 6.21 Å². The molecule has 138 valence electrons. The number of halogens is 3. The Morgan fingerprint density at radius 2 is 1.81 bits per heavy atom. The van der Waals surface area contributed by atoms with Crippen molar-refractivity contribution in [1.29, 1.82) is 0 Å². The van der Waals surface area contributed by atoms with Crippen molar-refractivity contribution in [3.05, 3.63) is 72.1 Å². The summed E-state index contributed by atoms with van der Waals surface area (Å²) in [5.41, 5.74) is 3.57. The number of aromatic nitrogens is 2. The van der Waals surface area contributed by atoms with Crippen LogP contribution in [0.4, 0.5) is 13.2 Å². The predicted octanol–water partition coefficient (Wildman–Crippen LogP) is 3.87. The van der Waals surface area contributed by atoms with Crippen LogP contribution in [0.3, 0.4) is 0 Å². The van der Waals surface area contributed by atoms with Crippen molar-refractivity contribution in [3.63, 3.8) is 0 Å². The molecule has 0 saturated heterocycles. The van der Waals surface area contributed by atoms with Gasteiger partial charge in [0.15, 0.2) is 0 Å². The average molecular weight is 372 g/mol. The van der Waals surface area contributed by atoms with E-state index >= 15 is 0 Å². The van der Waals surface area contributed by atoms with E-state index in [-0.39, 0.29) is 11.0 Å². The summed E-state index contributed by atoms with van der Waals surface area (Å²) in [6.07, 6.45) is 0.0761. The number of imidazole rings is 1. The van der Waals surface area contributed by atoms with E-state index in [2.05, 4.69) is 15.5 Å². The Labute approximate surface area is 152 Å². The van der Waals surface area contributed by atoms with Crippen LogP contribution < -0.4 is 5.43 Å². The number of alkyl halides is 3. The molecule has 5 nitrogen and oxygen atoms in total. The van der Waals surface area contributed by atoms with Crippen LogP contribution in [0.25, 0.3) is 17.1 Å². The summed E-state index contributed by atoms with van der Waals surface area (Å²) in [5.74, 6) is -1.81. The largest absolute Gasteiger partial charge is 0.449 e. The molecule has 1 heterocycles. The zero-order chi connectivity index (χ0) is 19.3. The summed E-state index contributed by atoms with van der Waals surface area (Å²) in [4.78, 5) is 15.6. The summed E-state index contributed by atoms with van der Waals surface area (Å²) in [7, 11) is 0. The first-order valence-electron chi connectivity index (χ1n) is 8.01. The predicted molar refractivity (Wildman–Crippen MR) is 96.8 cm³/mol. The lowest BCUT2D eigenvalue weighted by atomic mass is 10.2. The molecule has 2 aromatic carbocycles. The zero-order valence-corrected chi connectivity index (χ0v) is 14.0. The van der Waals surface area contributed by atoms with E-state index in [1.165, 1.54) is 18.3 Å². The van der Waals surface area contributed by atoms with Crippen LogP contribution in [0.2, 0.25) is 0 Å². The highest BCUT2D eigenvalue weighted by Crippen LogP contribution is 2.31. The highest BCUT2D eigenvalue weighted by atomic mass is 19.4. The fourth-order valence-electron chi connectivity index (χ4n) is 2.50. The second kappa shape index (κ2) is 7.86. The Hall–Kier alpha value is -3.42. The number of hydrogen-bond acceptors (Lipinski definition) is 3. The lowest BCUT2D eigenvalue weighted by Gasteiger charge is -2.10. The molecule has 3 aromatic rings. The van der Waals surface area contributed by atoms with E-state index in [9.17, 15) is 18.0 Å². The Bertz CT molecular complexity index is 991. The highest BCUT2D eigenvalue weighted by molar-refractivity contribution is 5.83. The summed E-state index contributed by atoms with van der Waals surface area (Å²) in [6, 6.07) is 15.6. The van der Waals surface area contributed by atoms with Crippen molar-refractivity contribution in [2.45, 2.75) is 12.7 Å². The molecular formula is C19H15F3N4O. The Morgan fingerprint density at radius 1 is 1.11 bits per heavy atom. The number of fused-ring (bicyclic) bond motifs is 1. The van der Waals surface area contributed by atoms with Crippen molar-refractivity contribution in [3.8, 4) is 0 Å². The molecule has 0 aliphatic heterocycles. The molecule has 0 saturated carbocycles. The van der Waals surface area contributed by atoms with Crippen molar-refractivity contribution >= 4 is 29.2 Å². The topological polar surface area (TPSA) is 59.3 Å². The van der Waals surface area contributed by atoms with Crippen LogP contribution in [0, 0.1) is 0 Å². The van der Waals surface area contributed by atoms with E-state index in [1.807, 2.05) is 30.3 Å². The van der Waals surface area contributed by atoms with Crippen molar-refractivity contribution < 1.29 is 18.0 Å². The molecule has 3 rings (SSSR count). The molecular weight excluding hydrogens is 357 g/mol. The number of nitrogens with one attached hydrogen (secondary N) is 1. The van der Waals surface area contributed by atoms with Crippen LogP contribution in [0.5, 0.6) is 0 Å². The number of hydrazone groups is 1. The number of nitrogens with zero attached hydrogens (tertiary/aromatic N) is 3. The molecule has 8 heteroatoms. The van der Waals surface area contributed by atoms with Crippen LogP contribution in [-0.4, -0.2) is 21.7 Å². The minimum absolute atomic E-state index is 0.173. The SMILES string of the molecule is O=C(Cn1c(C(F)(F)F)nc2ccccc21)N/N=C/C=C/c1ccccc1. The van der Waals surface area contributed by atoms with Gasteiger partial charge in [-0.1, -0.05) is 48.5 Å². The van der Waals surface area contributed by atoms with Gasteiger partial charge in [-0.05, 0) is 23.8 Å². The minimum Gasteiger partial charge on any atom is -0.311 e. The second-order valence-electron chi connectivity index (χ2n) is 5.59. The van der Waals surface area contributed by atoms with Gasteiger partial charge < -0.3 is 4.57 Å². The Balaban J connectivity index is 1.69. The van der Waals surface area contributed by atoms with Gasteiger partial charge in [-0.2, -0.15) is 18.3 Å². The number of rotatable bonds is 5. The summed E-state index contributed by atoms with van der Waals surface area (Å²) < 4.78 is 40.4. The van der Waals surface area contributed by atoms with Crippen molar-refractivity contribution in [2.24, 2.45) is 5.10 Å². The molecule has 0 atom stereocenters. The van der Waals surface area contributed by atoms with Crippen molar-refractivity contribution in [1.82, 2.24) is 15.0 Å². The highest BCUT2D eigenvalue weighted by Gasteiger charge is 2.37. The van der Waals surface area contributed by atoms with Gasteiger partial charge in [0.05, 0.1) is 11.0 Å². The first-order valence-corrected chi connectivity index (χ1v) is 8.01. The van der Waals surface area contributed by atoms with E-state index < -0.39 is 24.5 Å². The smallest absolute Gasteiger partial charge is 0.311 e. The molecule has 0 spiro atoms. The molecule has 0 aliphatic carbocycles. The summed E-state index contributed by atoms with van der Waals surface area (Å²) in [6.45, 7) is -0.547. The maximum Gasteiger partial charge on any atom is 0.449 e. The van der Waals surface area contributed by atoms with Crippen LogP contribution >= 0.6 is 0 Å². The number of amides is 1. The Morgan fingerprint density at radius 3 is 2.56 bits per heavy atom. The van der Waals surface area contributed by atoms with E-state index in [4.69, 9.17) is 0 Å². The van der Waals surface area contributed by atoms with Gasteiger partial charge in [0.1, 0.15) is 6.54 Å². The third-order valence-electron chi connectivity index (χ3n) is 3.65.